The number of carbonyl (C=O) groups is 1. The number of rotatable bonds is 3. The van der Waals surface area contributed by atoms with Gasteiger partial charge in [0, 0.05) is 25.3 Å². The van der Waals surface area contributed by atoms with E-state index in [9.17, 15) is 4.79 Å². The third-order valence-electron chi connectivity index (χ3n) is 3.72. The molecule has 2 rings (SSSR count). The molecule has 0 spiro atoms. The Balaban J connectivity index is 1.83. The van der Waals surface area contributed by atoms with E-state index < -0.39 is 0 Å². The number of nitrogens with zero attached hydrogens (tertiary/aromatic N) is 2. The molecule has 0 aromatic rings. The van der Waals surface area contributed by atoms with Crippen LogP contribution in [0.5, 0.6) is 0 Å². The monoisotopic (exact) mass is 237 g/mol. The van der Waals surface area contributed by atoms with Gasteiger partial charge in [0.15, 0.2) is 0 Å². The number of hydrogen-bond donors (Lipinski definition) is 1. The Hall–Kier alpha value is -0.870. The molecule has 1 amide bonds. The van der Waals surface area contributed by atoms with Crippen molar-refractivity contribution in [3.05, 3.63) is 11.8 Å². The van der Waals surface area contributed by atoms with Gasteiger partial charge in [-0.1, -0.05) is 6.08 Å². The molecule has 17 heavy (non-hydrogen) atoms. The summed E-state index contributed by atoms with van der Waals surface area (Å²) in [5, 5.41) is 0. The van der Waals surface area contributed by atoms with Crippen LogP contribution in [0.3, 0.4) is 0 Å². The largest absolute Gasteiger partial charge is 0.327 e. The first-order valence-corrected chi connectivity index (χ1v) is 6.60. The molecule has 4 nitrogen and oxygen atoms in total. The van der Waals surface area contributed by atoms with Gasteiger partial charge in [-0.25, -0.2) is 0 Å². The molecule has 1 aliphatic carbocycles. The van der Waals surface area contributed by atoms with Gasteiger partial charge in [0.1, 0.15) is 0 Å². The van der Waals surface area contributed by atoms with Crippen LogP contribution in [-0.2, 0) is 4.79 Å². The zero-order valence-electron chi connectivity index (χ0n) is 10.7. The van der Waals surface area contributed by atoms with E-state index in [-0.39, 0.29) is 11.9 Å². The maximum absolute atomic E-state index is 12.1. The first-order chi connectivity index (χ1) is 8.16. The van der Waals surface area contributed by atoms with Crippen molar-refractivity contribution < 1.29 is 4.79 Å². The minimum atomic E-state index is 0.201. The number of likely N-dealkylation sites (tertiary alicyclic amines) is 1. The molecule has 0 radical (unpaired) electrons. The molecular weight excluding hydrogens is 214 g/mol. The van der Waals surface area contributed by atoms with Crippen LogP contribution in [-0.4, -0.2) is 48.4 Å². The van der Waals surface area contributed by atoms with Crippen molar-refractivity contribution in [2.45, 2.75) is 38.1 Å². The summed E-state index contributed by atoms with van der Waals surface area (Å²) in [7, 11) is 1.89. The SMILES string of the molecule is CN(C(=O)CN1CCC[C@@H](N)C1)C1=CCCC1. The van der Waals surface area contributed by atoms with Gasteiger partial charge < -0.3 is 10.6 Å². The van der Waals surface area contributed by atoms with Crippen LogP contribution in [0.15, 0.2) is 11.8 Å². The molecule has 96 valence electrons. The fraction of sp³-hybridized carbons (Fsp3) is 0.769. The van der Waals surface area contributed by atoms with Gasteiger partial charge >= 0.3 is 0 Å². The topological polar surface area (TPSA) is 49.6 Å². The number of amides is 1. The van der Waals surface area contributed by atoms with Gasteiger partial charge in [-0.3, -0.25) is 9.69 Å². The molecule has 0 aromatic carbocycles. The van der Waals surface area contributed by atoms with Crippen molar-refractivity contribution in [3.63, 3.8) is 0 Å². The molecule has 1 heterocycles. The molecule has 4 heteroatoms. The van der Waals surface area contributed by atoms with Crippen LogP contribution in [0.4, 0.5) is 0 Å². The van der Waals surface area contributed by atoms with Crippen LogP contribution in [0.25, 0.3) is 0 Å². The van der Waals surface area contributed by atoms with Crippen molar-refractivity contribution in [2.24, 2.45) is 5.73 Å². The summed E-state index contributed by atoms with van der Waals surface area (Å²) < 4.78 is 0. The third-order valence-corrected chi connectivity index (χ3v) is 3.72. The summed E-state index contributed by atoms with van der Waals surface area (Å²) in [6.07, 6.45) is 7.72. The zero-order valence-corrected chi connectivity index (χ0v) is 10.7. The highest BCUT2D eigenvalue weighted by atomic mass is 16.2. The number of piperidine rings is 1. The molecule has 1 aliphatic heterocycles. The Kier molecular flexibility index (Phi) is 4.18. The average Bonchev–Trinajstić information content (AvgIpc) is 2.81. The summed E-state index contributed by atoms with van der Waals surface area (Å²) in [5.41, 5.74) is 7.11. The lowest BCUT2D eigenvalue weighted by atomic mass is 10.1. The Labute approximate surface area is 103 Å². The van der Waals surface area contributed by atoms with Gasteiger partial charge in [-0.2, -0.15) is 0 Å². The summed E-state index contributed by atoms with van der Waals surface area (Å²) >= 11 is 0. The summed E-state index contributed by atoms with van der Waals surface area (Å²) in [6.45, 7) is 2.38. The second-order valence-electron chi connectivity index (χ2n) is 5.18. The van der Waals surface area contributed by atoms with Crippen molar-refractivity contribution >= 4 is 5.91 Å². The number of carbonyl (C=O) groups excluding carboxylic acids is 1. The second-order valence-corrected chi connectivity index (χ2v) is 5.18. The summed E-state index contributed by atoms with van der Waals surface area (Å²) in [5.74, 6) is 0.201. The normalized spacial score (nSPS) is 25.8. The first kappa shape index (κ1) is 12.6. The van der Waals surface area contributed by atoms with Crippen LogP contribution >= 0.6 is 0 Å². The lowest BCUT2D eigenvalue weighted by molar-refractivity contribution is -0.129. The van der Waals surface area contributed by atoms with E-state index in [0.29, 0.717) is 6.54 Å². The van der Waals surface area contributed by atoms with E-state index in [4.69, 9.17) is 5.73 Å². The van der Waals surface area contributed by atoms with Gasteiger partial charge in [0.05, 0.1) is 6.54 Å². The Morgan fingerprint density at radius 2 is 2.41 bits per heavy atom. The molecule has 0 unspecified atom stereocenters. The number of allylic oxidation sites excluding steroid dienone is 2. The number of hydrogen-bond acceptors (Lipinski definition) is 3. The standard InChI is InChI=1S/C13H23N3O/c1-15(12-6-2-3-7-12)13(17)10-16-8-4-5-11(14)9-16/h6,11H,2-5,7-10,14H2,1H3/t11-/m1/s1. The Bertz CT molecular complexity index is 314. The van der Waals surface area contributed by atoms with Crippen molar-refractivity contribution in [3.8, 4) is 0 Å². The number of likely N-dealkylation sites (N-methyl/N-ethyl adjacent to an activating group) is 1. The van der Waals surface area contributed by atoms with E-state index in [1.807, 2.05) is 11.9 Å². The summed E-state index contributed by atoms with van der Waals surface area (Å²) in [4.78, 5) is 16.1. The fourth-order valence-electron chi connectivity index (χ4n) is 2.65. The minimum absolute atomic E-state index is 0.201. The quantitative estimate of drug-likeness (QED) is 0.794. The van der Waals surface area contributed by atoms with E-state index in [1.165, 1.54) is 12.1 Å². The van der Waals surface area contributed by atoms with E-state index in [2.05, 4.69) is 11.0 Å². The lowest BCUT2D eigenvalue weighted by Crippen LogP contribution is -2.47. The van der Waals surface area contributed by atoms with Crippen molar-refractivity contribution in [1.29, 1.82) is 0 Å². The van der Waals surface area contributed by atoms with Crippen LogP contribution < -0.4 is 5.73 Å². The molecule has 0 bridgehead atoms. The molecule has 1 fully saturated rings. The van der Waals surface area contributed by atoms with Crippen molar-refractivity contribution in [1.82, 2.24) is 9.80 Å². The van der Waals surface area contributed by atoms with Gasteiger partial charge in [-0.05, 0) is 38.6 Å². The van der Waals surface area contributed by atoms with Crippen molar-refractivity contribution in [2.75, 3.05) is 26.7 Å². The van der Waals surface area contributed by atoms with Gasteiger partial charge in [-0.15, -0.1) is 0 Å². The zero-order chi connectivity index (χ0) is 12.3. The molecule has 1 saturated heterocycles. The predicted molar refractivity (Wildman–Crippen MR) is 68.4 cm³/mol. The highest BCUT2D eigenvalue weighted by Crippen LogP contribution is 2.20. The highest BCUT2D eigenvalue weighted by molar-refractivity contribution is 5.79. The maximum atomic E-state index is 12.1. The van der Waals surface area contributed by atoms with Gasteiger partial charge in [0.25, 0.3) is 0 Å². The highest BCUT2D eigenvalue weighted by Gasteiger charge is 2.22. The molecular formula is C13H23N3O. The van der Waals surface area contributed by atoms with Crippen LogP contribution in [0.1, 0.15) is 32.1 Å². The number of nitrogens with two attached hydrogens (primary N) is 1. The molecule has 0 aromatic heterocycles. The maximum Gasteiger partial charge on any atom is 0.240 e. The smallest absolute Gasteiger partial charge is 0.240 e. The van der Waals surface area contributed by atoms with Crippen LogP contribution in [0, 0.1) is 0 Å². The van der Waals surface area contributed by atoms with E-state index >= 15 is 0 Å². The second kappa shape index (κ2) is 5.65. The van der Waals surface area contributed by atoms with Crippen LogP contribution in [0.2, 0.25) is 0 Å². The van der Waals surface area contributed by atoms with E-state index in [0.717, 1.165) is 38.8 Å². The average molecular weight is 237 g/mol. The Morgan fingerprint density at radius 3 is 3.06 bits per heavy atom. The lowest BCUT2D eigenvalue weighted by Gasteiger charge is -2.31. The first-order valence-electron chi connectivity index (χ1n) is 6.60. The molecule has 2 N–H and O–H groups in total. The third kappa shape index (κ3) is 3.30. The predicted octanol–water partition coefficient (Wildman–Crippen LogP) is 0.936. The fourth-order valence-corrected chi connectivity index (χ4v) is 2.65. The minimum Gasteiger partial charge on any atom is -0.327 e. The molecule has 0 saturated carbocycles. The van der Waals surface area contributed by atoms with E-state index in [1.54, 1.807) is 0 Å². The van der Waals surface area contributed by atoms with Gasteiger partial charge in [0.2, 0.25) is 5.91 Å². The molecule has 2 aliphatic rings. The Morgan fingerprint density at radius 1 is 1.59 bits per heavy atom. The summed E-state index contributed by atoms with van der Waals surface area (Å²) in [6, 6.07) is 0.243. The molecule has 1 atom stereocenters.